The summed E-state index contributed by atoms with van der Waals surface area (Å²) in [5, 5.41) is 0. The van der Waals surface area contributed by atoms with Gasteiger partial charge in [0.05, 0.1) is 5.56 Å². The Kier molecular flexibility index (Phi) is 5.37. The van der Waals surface area contributed by atoms with Crippen LogP contribution in [0.2, 0.25) is 0 Å². The summed E-state index contributed by atoms with van der Waals surface area (Å²) < 4.78 is 5.04. The van der Waals surface area contributed by atoms with Gasteiger partial charge in [0.1, 0.15) is 0 Å². The molecule has 0 aliphatic carbocycles. The molecule has 1 amide bonds. The van der Waals surface area contributed by atoms with Gasteiger partial charge in [-0.25, -0.2) is 4.79 Å². The van der Waals surface area contributed by atoms with E-state index in [0.29, 0.717) is 11.1 Å². The second-order valence-corrected chi connectivity index (χ2v) is 6.77. The maximum atomic E-state index is 12.1. The molecule has 2 aromatic carbocycles. The number of hydrogen-bond acceptors (Lipinski definition) is 4. The van der Waals surface area contributed by atoms with Gasteiger partial charge in [0.15, 0.2) is 12.4 Å². The van der Waals surface area contributed by atoms with Gasteiger partial charge in [0, 0.05) is 11.1 Å². The number of Topliss-reactive ketones (excluding diaryl/α,β-unsaturated/α-hetero) is 1. The summed E-state index contributed by atoms with van der Waals surface area (Å²) in [6.45, 7) is 5.94. The van der Waals surface area contributed by atoms with Crippen LogP contribution < -0.4 is 5.73 Å². The largest absolute Gasteiger partial charge is 0.454 e. The van der Waals surface area contributed by atoms with Gasteiger partial charge in [-0.15, -0.1) is 0 Å². The Morgan fingerprint density at radius 3 is 1.80 bits per heavy atom. The highest BCUT2D eigenvalue weighted by Gasteiger charge is 2.16. The van der Waals surface area contributed by atoms with Gasteiger partial charge in [-0.3, -0.25) is 9.59 Å². The predicted molar refractivity (Wildman–Crippen MR) is 94.7 cm³/mol. The van der Waals surface area contributed by atoms with Crippen LogP contribution in [0.5, 0.6) is 0 Å². The Balaban J connectivity index is 1.97. The molecule has 2 rings (SSSR count). The molecule has 0 saturated heterocycles. The highest BCUT2D eigenvalue weighted by Crippen LogP contribution is 2.22. The minimum atomic E-state index is -0.629. The summed E-state index contributed by atoms with van der Waals surface area (Å²) in [7, 11) is 0. The minimum absolute atomic E-state index is 0.00508. The van der Waals surface area contributed by atoms with Crippen molar-refractivity contribution in [2.75, 3.05) is 6.61 Å². The number of carbonyl (C=O) groups excluding carboxylic acids is 3. The number of ether oxygens (including phenoxy) is 1. The highest BCUT2D eigenvalue weighted by atomic mass is 16.5. The number of ketones is 1. The van der Waals surface area contributed by atoms with E-state index in [0.717, 1.165) is 5.56 Å². The van der Waals surface area contributed by atoms with E-state index in [4.69, 9.17) is 10.5 Å². The lowest BCUT2D eigenvalue weighted by Gasteiger charge is -2.18. The van der Waals surface area contributed by atoms with Crippen molar-refractivity contribution >= 4 is 17.7 Å². The van der Waals surface area contributed by atoms with Gasteiger partial charge in [-0.05, 0) is 35.2 Å². The van der Waals surface area contributed by atoms with Crippen LogP contribution in [0.1, 0.15) is 57.4 Å². The van der Waals surface area contributed by atoms with Gasteiger partial charge in [-0.2, -0.15) is 0 Å². The van der Waals surface area contributed by atoms with E-state index >= 15 is 0 Å². The SMILES string of the molecule is CC(C)(C)c1ccc(C(=O)COC(=O)c2ccc(C(N)=O)cc2)cc1. The Bertz CT molecular complexity index is 784. The van der Waals surface area contributed by atoms with Crippen molar-refractivity contribution in [2.24, 2.45) is 5.73 Å². The minimum Gasteiger partial charge on any atom is -0.454 e. The van der Waals surface area contributed by atoms with E-state index < -0.39 is 11.9 Å². The number of primary amides is 1. The van der Waals surface area contributed by atoms with Crippen LogP contribution in [0.15, 0.2) is 48.5 Å². The molecule has 0 atom stereocenters. The molecular formula is C20H21NO4. The third-order valence-corrected chi connectivity index (χ3v) is 3.81. The van der Waals surface area contributed by atoms with Gasteiger partial charge < -0.3 is 10.5 Å². The first-order valence-electron chi connectivity index (χ1n) is 7.89. The van der Waals surface area contributed by atoms with Gasteiger partial charge >= 0.3 is 5.97 Å². The molecule has 0 saturated carbocycles. The number of hydrogen-bond donors (Lipinski definition) is 1. The maximum absolute atomic E-state index is 12.1. The van der Waals surface area contributed by atoms with Gasteiger partial charge in [-0.1, -0.05) is 45.0 Å². The molecule has 0 aliphatic heterocycles. The fourth-order valence-corrected chi connectivity index (χ4v) is 2.22. The molecule has 5 heteroatoms. The van der Waals surface area contributed by atoms with E-state index in [1.165, 1.54) is 24.3 Å². The van der Waals surface area contributed by atoms with E-state index in [9.17, 15) is 14.4 Å². The summed E-state index contributed by atoms with van der Waals surface area (Å²) in [6, 6.07) is 13.0. The average Bonchev–Trinajstić information content (AvgIpc) is 2.58. The standard InChI is InChI=1S/C20H21NO4/c1-20(2,3)16-10-8-13(9-11-16)17(22)12-25-19(24)15-6-4-14(5-7-15)18(21)23/h4-11H,12H2,1-3H3,(H2,21,23). The molecule has 0 heterocycles. The molecule has 0 aromatic heterocycles. The van der Waals surface area contributed by atoms with Crippen molar-refractivity contribution < 1.29 is 19.1 Å². The van der Waals surface area contributed by atoms with E-state index in [1.54, 1.807) is 12.1 Å². The predicted octanol–water partition coefficient (Wildman–Crippen LogP) is 3.12. The van der Waals surface area contributed by atoms with Crippen LogP contribution in [-0.2, 0) is 10.2 Å². The third kappa shape index (κ3) is 4.76. The molecule has 5 nitrogen and oxygen atoms in total. The van der Waals surface area contributed by atoms with Crippen molar-refractivity contribution in [2.45, 2.75) is 26.2 Å². The topological polar surface area (TPSA) is 86.5 Å². The Morgan fingerprint density at radius 1 is 0.840 bits per heavy atom. The van der Waals surface area contributed by atoms with Crippen LogP contribution in [-0.4, -0.2) is 24.3 Å². The summed E-state index contributed by atoms with van der Waals surface area (Å²) in [5.74, 6) is -1.48. The molecule has 2 aromatic rings. The van der Waals surface area contributed by atoms with Crippen LogP contribution in [0.4, 0.5) is 0 Å². The first-order chi connectivity index (χ1) is 11.7. The summed E-state index contributed by atoms with van der Waals surface area (Å²) >= 11 is 0. The lowest BCUT2D eigenvalue weighted by Crippen LogP contribution is -2.16. The first kappa shape index (κ1) is 18.4. The second-order valence-electron chi connectivity index (χ2n) is 6.77. The van der Waals surface area contributed by atoms with Crippen LogP contribution >= 0.6 is 0 Å². The van der Waals surface area contributed by atoms with Crippen molar-refractivity contribution in [1.29, 1.82) is 0 Å². The number of esters is 1. The van der Waals surface area contributed by atoms with E-state index in [1.807, 2.05) is 12.1 Å². The quantitative estimate of drug-likeness (QED) is 0.670. The summed E-state index contributed by atoms with van der Waals surface area (Å²) in [4.78, 5) is 35.1. The molecule has 0 aliphatic rings. The fraction of sp³-hybridized carbons (Fsp3) is 0.250. The van der Waals surface area contributed by atoms with E-state index in [2.05, 4.69) is 20.8 Å². The van der Waals surface area contributed by atoms with Crippen molar-refractivity contribution in [3.63, 3.8) is 0 Å². The van der Waals surface area contributed by atoms with Crippen molar-refractivity contribution in [1.82, 2.24) is 0 Å². The number of benzene rings is 2. The van der Waals surface area contributed by atoms with Crippen molar-refractivity contribution in [3.8, 4) is 0 Å². The molecule has 130 valence electrons. The summed E-state index contributed by atoms with van der Waals surface area (Å²) in [5.41, 5.74) is 7.31. The lowest BCUT2D eigenvalue weighted by atomic mass is 9.86. The van der Waals surface area contributed by atoms with Crippen LogP contribution in [0, 0.1) is 0 Å². The summed E-state index contributed by atoms with van der Waals surface area (Å²) in [6.07, 6.45) is 0. The molecule has 2 N–H and O–H groups in total. The smallest absolute Gasteiger partial charge is 0.338 e. The first-order valence-corrected chi connectivity index (χ1v) is 7.89. The Labute approximate surface area is 146 Å². The molecular weight excluding hydrogens is 318 g/mol. The van der Waals surface area contributed by atoms with Gasteiger partial charge in [0.25, 0.3) is 0 Å². The van der Waals surface area contributed by atoms with E-state index in [-0.39, 0.29) is 23.4 Å². The Morgan fingerprint density at radius 2 is 1.32 bits per heavy atom. The second kappa shape index (κ2) is 7.30. The molecule has 0 fully saturated rings. The zero-order valence-corrected chi connectivity index (χ0v) is 14.5. The molecule has 25 heavy (non-hydrogen) atoms. The number of carbonyl (C=O) groups is 3. The zero-order valence-electron chi connectivity index (χ0n) is 14.5. The van der Waals surface area contributed by atoms with Crippen LogP contribution in [0.25, 0.3) is 0 Å². The molecule has 0 bridgehead atoms. The van der Waals surface area contributed by atoms with Gasteiger partial charge in [0.2, 0.25) is 5.91 Å². The molecule has 0 unspecified atom stereocenters. The number of amides is 1. The zero-order chi connectivity index (χ0) is 18.6. The monoisotopic (exact) mass is 339 g/mol. The highest BCUT2D eigenvalue weighted by molar-refractivity contribution is 5.99. The maximum Gasteiger partial charge on any atom is 0.338 e. The third-order valence-electron chi connectivity index (χ3n) is 3.81. The van der Waals surface area contributed by atoms with Crippen LogP contribution in [0.3, 0.4) is 0 Å². The molecule has 0 radical (unpaired) electrons. The number of nitrogens with two attached hydrogens (primary N) is 1. The number of rotatable bonds is 5. The Hall–Kier alpha value is -2.95. The average molecular weight is 339 g/mol. The molecule has 0 spiro atoms. The normalized spacial score (nSPS) is 11.0. The van der Waals surface area contributed by atoms with Crippen molar-refractivity contribution in [3.05, 3.63) is 70.8 Å². The lowest BCUT2D eigenvalue weighted by molar-refractivity contribution is 0.0474. The fourth-order valence-electron chi connectivity index (χ4n) is 2.22.